The Morgan fingerprint density at radius 2 is 2.18 bits per heavy atom. The van der Waals surface area contributed by atoms with Crippen LogP contribution < -0.4 is 11.1 Å². The van der Waals surface area contributed by atoms with Gasteiger partial charge in [0.05, 0.1) is 5.69 Å². The lowest BCUT2D eigenvalue weighted by Gasteiger charge is -2.22. The first-order chi connectivity index (χ1) is 9.93. The van der Waals surface area contributed by atoms with Crippen molar-refractivity contribution < 1.29 is 0 Å². The Balaban J connectivity index is 0.00000144. The molecule has 0 unspecified atom stereocenters. The van der Waals surface area contributed by atoms with Crippen LogP contribution in [0.25, 0.3) is 5.52 Å². The fourth-order valence-electron chi connectivity index (χ4n) is 3.88. The molecule has 1 aliphatic heterocycles. The number of anilines is 1. The summed E-state index contributed by atoms with van der Waals surface area (Å²) in [7, 11) is 0. The lowest BCUT2D eigenvalue weighted by Crippen LogP contribution is -2.35. The van der Waals surface area contributed by atoms with Crippen LogP contribution in [0.3, 0.4) is 0 Å². The van der Waals surface area contributed by atoms with Gasteiger partial charge in [-0.05, 0) is 25.3 Å². The van der Waals surface area contributed by atoms with Crippen molar-refractivity contribution in [2.75, 3.05) is 18.8 Å². The van der Waals surface area contributed by atoms with Crippen LogP contribution >= 0.6 is 12.4 Å². The van der Waals surface area contributed by atoms with E-state index >= 15 is 0 Å². The second-order valence-corrected chi connectivity index (χ2v) is 7.59. The maximum Gasteiger partial charge on any atom is 0.149 e. The minimum Gasteiger partial charge on any atom is -0.382 e. The van der Waals surface area contributed by atoms with Crippen LogP contribution in [0.4, 0.5) is 5.82 Å². The van der Waals surface area contributed by atoms with Gasteiger partial charge >= 0.3 is 0 Å². The maximum atomic E-state index is 6.21. The van der Waals surface area contributed by atoms with E-state index in [0.717, 1.165) is 36.0 Å². The molecule has 0 bridgehead atoms. The molecule has 6 heteroatoms. The summed E-state index contributed by atoms with van der Waals surface area (Å²) in [6.45, 7) is 8.73. The smallest absolute Gasteiger partial charge is 0.149 e. The van der Waals surface area contributed by atoms with E-state index in [1.165, 1.54) is 12.8 Å². The molecule has 4 rings (SSSR count). The normalized spacial score (nSPS) is 27.3. The average molecular weight is 322 g/mol. The Labute approximate surface area is 137 Å². The highest BCUT2D eigenvalue weighted by molar-refractivity contribution is 5.85. The fraction of sp³-hybridized carbons (Fsp3) is 0.625. The van der Waals surface area contributed by atoms with Gasteiger partial charge in [-0.25, -0.2) is 9.97 Å². The minimum atomic E-state index is -0.0158. The van der Waals surface area contributed by atoms with Crippen molar-refractivity contribution in [3.05, 3.63) is 23.9 Å². The first-order valence-corrected chi connectivity index (χ1v) is 7.78. The number of hydrogen-bond acceptors (Lipinski definition) is 4. The van der Waals surface area contributed by atoms with Gasteiger partial charge in [0.25, 0.3) is 0 Å². The number of imidazole rings is 1. The summed E-state index contributed by atoms with van der Waals surface area (Å²) in [5.41, 5.74) is 8.56. The zero-order valence-corrected chi connectivity index (χ0v) is 14.2. The number of nitrogens with zero attached hydrogens (tertiary/aromatic N) is 3. The van der Waals surface area contributed by atoms with Crippen LogP contribution in [0.2, 0.25) is 0 Å². The molecule has 0 aromatic carbocycles. The number of nitrogens with two attached hydrogens (primary N) is 1. The first kappa shape index (κ1) is 15.6. The number of fused-ring (bicyclic) bond motifs is 2. The van der Waals surface area contributed by atoms with Gasteiger partial charge in [0, 0.05) is 29.8 Å². The Kier molecular flexibility index (Phi) is 3.42. The molecule has 2 aliphatic rings. The van der Waals surface area contributed by atoms with E-state index in [2.05, 4.69) is 35.5 Å². The van der Waals surface area contributed by atoms with Crippen molar-refractivity contribution in [1.29, 1.82) is 0 Å². The van der Waals surface area contributed by atoms with Crippen LogP contribution in [-0.4, -0.2) is 27.5 Å². The molecule has 2 aromatic rings. The molecule has 120 valence electrons. The van der Waals surface area contributed by atoms with Crippen LogP contribution in [0.15, 0.2) is 12.4 Å². The summed E-state index contributed by atoms with van der Waals surface area (Å²) < 4.78 is 2.15. The predicted molar refractivity (Wildman–Crippen MR) is 90.6 cm³/mol. The maximum absolute atomic E-state index is 6.21. The molecule has 5 nitrogen and oxygen atoms in total. The summed E-state index contributed by atoms with van der Waals surface area (Å²) in [4.78, 5) is 9.37. The zero-order valence-electron chi connectivity index (χ0n) is 13.4. The van der Waals surface area contributed by atoms with E-state index in [0.29, 0.717) is 5.82 Å². The molecular formula is C16H24ClN5. The van der Waals surface area contributed by atoms with Crippen molar-refractivity contribution >= 4 is 23.7 Å². The summed E-state index contributed by atoms with van der Waals surface area (Å²) in [5.74, 6) is 2.43. The van der Waals surface area contributed by atoms with E-state index in [-0.39, 0.29) is 23.2 Å². The lowest BCUT2D eigenvalue weighted by atomic mass is 9.93. The summed E-state index contributed by atoms with van der Waals surface area (Å²) in [6, 6.07) is 0. The van der Waals surface area contributed by atoms with Crippen LogP contribution in [-0.2, 0) is 10.8 Å². The van der Waals surface area contributed by atoms with Crippen LogP contribution in [0.1, 0.15) is 45.1 Å². The first-order valence-electron chi connectivity index (χ1n) is 7.78. The molecule has 2 atom stereocenters. The van der Waals surface area contributed by atoms with Crippen molar-refractivity contribution in [2.45, 2.75) is 44.4 Å². The Bertz CT molecular complexity index is 717. The molecule has 1 saturated heterocycles. The van der Waals surface area contributed by atoms with E-state index in [1.54, 1.807) is 6.20 Å². The van der Waals surface area contributed by atoms with E-state index in [1.807, 2.05) is 6.20 Å². The lowest BCUT2D eigenvalue weighted by molar-refractivity contribution is 0.440. The summed E-state index contributed by atoms with van der Waals surface area (Å²) >= 11 is 0. The van der Waals surface area contributed by atoms with Gasteiger partial charge in [-0.2, -0.15) is 0 Å². The number of hydrogen-bond donors (Lipinski definition) is 2. The molecule has 1 aliphatic carbocycles. The molecule has 1 saturated carbocycles. The highest BCUT2D eigenvalue weighted by Crippen LogP contribution is 2.58. The Morgan fingerprint density at radius 3 is 2.86 bits per heavy atom. The third kappa shape index (κ3) is 2.02. The minimum absolute atomic E-state index is 0. The average Bonchev–Trinajstić information content (AvgIpc) is 3.02. The molecule has 0 spiro atoms. The van der Waals surface area contributed by atoms with Gasteiger partial charge in [-0.3, -0.25) is 4.40 Å². The van der Waals surface area contributed by atoms with Gasteiger partial charge in [0.15, 0.2) is 0 Å². The highest BCUT2D eigenvalue weighted by atomic mass is 35.5. The standard InChI is InChI=1S/C16H23N5.ClH/c1-15(2,3)14-20-12(11-13(17)19-6-7-21(11)14)16-8-10(16)4-5-18-9-16;/h6-7,10,18H,4-5,8-9H2,1-3H3,(H2,17,19);1H/t10-,16-;/m0./s1. The third-order valence-electron chi connectivity index (χ3n) is 5.07. The quantitative estimate of drug-likeness (QED) is 0.845. The molecule has 2 aromatic heterocycles. The molecule has 2 fully saturated rings. The number of nitrogen functional groups attached to an aromatic ring is 1. The van der Waals surface area contributed by atoms with Gasteiger partial charge in [-0.15, -0.1) is 12.4 Å². The fourth-order valence-corrected chi connectivity index (χ4v) is 3.88. The molecule has 22 heavy (non-hydrogen) atoms. The van der Waals surface area contributed by atoms with Gasteiger partial charge in [0.1, 0.15) is 17.2 Å². The van der Waals surface area contributed by atoms with Crippen LogP contribution in [0.5, 0.6) is 0 Å². The van der Waals surface area contributed by atoms with Gasteiger partial charge < -0.3 is 11.1 Å². The number of nitrogens with one attached hydrogen (secondary N) is 1. The summed E-state index contributed by atoms with van der Waals surface area (Å²) in [6.07, 6.45) is 6.23. The molecule has 3 heterocycles. The summed E-state index contributed by atoms with van der Waals surface area (Å²) in [5, 5.41) is 3.54. The van der Waals surface area contributed by atoms with Gasteiger partial charge in [-0.1, -0.05) is 20.8 Å². The van der Waals surface area contributed by atoms with Gasteiger partial charge in [0.2, 0.25) is 0 Å². The predicted octanol–water partition coefficient (Wildman–Crippen LogP) is 2.28. The number of rotatable bonds is 1. The number of aromatic nitrogens is 3. The Morgan fingerprint density at radius 1 is 1.41 bits per heavy atom. The van der Waals surface area contributed by atoms with Crippen LogP contribution in [0, 0.1) is 5.92 Å². The third-order valence-corrected chi connectivity index (χ3v) is 5.07. The Hall–Kier alpha value is -1.33. The van der Waals surface area contributed by atoms with Crippen molar-refractivity contribution in [1.82, 2.24) is 19.7 Å². The molecule has 3 N–H and O–H groups in total. The second-order valence-electron chi connectivity index (χ2n) is 7.59. The monoisotopic (exact) mass is 321 g/mol. The van der Waals surface area contributed by atoms with E-state index in [4.69, 9.17) is 10.7 Å². The molecule has 0 amide bonds. The molecular weight excluding hydrogens is 298 g/mol. The second kappa shape index (κ2) is 4.83. The van der Waals surface area contributed by atoms with E-state index < -0.39 is 0 Å². The highest BCUT2D eigenvalue weighted by Gasteiger charge is 2.58. The number of piperidine rings is 1. The van der Waals surface area contributed by atoms with Crippen molar-refractivity contribution in [3.63, 3.8) is 0 Å². The molecule has 0 radical (unpaired) electrons. The topological polar surface area (TPSA) is 68.2 Å². The zero-order chi connectivity index (χ0) is 14.8. The largest absolute Gasteiger partial charge is 0.382 e. The van der Waals surface area contributed by atoms with E-state index in [9.17, 15) is 0 Å². The number of halogens is 1. The van der Waals surface area contributed by atoms with Crippen molar-refractivity contribution in [2.24, 2.45) is 5.92 Å². The SMILES string of the molecule is CC(C)(C)c1nc([C@@]23CNCC[C@H]2C3)c2c(N)nccn12.Cl. The van der Waals surface area contributed by atoms with Crippen molar-refractivity contribution in [3.8, 4) is 0 Å².